The monoisotopic (exact) mass is 434 g/mol. The van der Waals surface area contributed by atoms with Crippen LogP contribution in [0.2, 0.25) is 0 Å². The van der Waals surface area contributed by atoms with E-state index in [2.05, 4.69) is 15.4 Å². The Bertz CT molecular complexity index is 1100. The molecule has 0 heterocycles. The van der Waals surface area contributed by atoms with Crippen LogP contribution in [0.25, 0.3) is 0 Å². The van der Waals surface area contributed by atoms with Crippen molar-refractivity contribution >= 4 is 29.2 Å². The van der Waals surface area contributed by atoms with Gasteiger partial charge in [0.2, 0.25) is 0 Å². The number of rotatable bonds is 7. The van der Waals surface area contributed by atoms with Crippen molar-refractivity contribution in [3.05, 3.63) is 83.4 Å². The van der Waals surface area contributed by atoms with E-state index in [0.29, 0.717) is 34.0 Å². The van der Waals surface area contributed by atoms with Crippen LogP contribution in [0.15, 0.2) is 66.7 Å². The van der Waals surface area contributed by atoms with Crippen LogP contribution in [0.5, 0.6) is 11.5 Å². The van der Waals surface area contributed by atoms with Crippen molar-refractivity contribution in [1.29, 1.82) is 0 Å². The van der Waals surface area contributed by atoms with Gasteiger partial charge in [0.1, 0.15) is 17.1 Å². The molecule has 0 saturated heterocycles. The molecule has 0 fully saturated rings. The van der Waals surface area contributed by atoms with Crippen LogP contribution < -0.4 is 20.1 Å². The first kappa shape index (κ1) is 22.4. The first-order chi connectivity index (χ1) is 15.5. The van der Waals surface area contributed by atoms with Gasteiger partial charge in [-0.2, -0.15) is 0 Å². The molecule has 0 atom stereocenters. The molecule has 0 bridgehead atoms. The van der Waals surface area contributed by atoms with Gasteiger partial charge in [-0.25, -0.2) is 4.79 Å². The molecule has 2 N–H and O–H groups in total. The molecule has 3 aromatic carbocycles. The van der Waals surface area contributed by atoms with Crippen molar-refractivity contribution in [2.45, 2.75) is 0 Å². The summed E-state index contributed by atoms with van der Waals surface area (Å²) in [6.07, 6.45) is 0. The Morgan fingerprint density at radius 3 is 1.56 bits per heavy atom. The lowest BCUT2D eigenvalue weighted by molar-refractivity contribution is 0.0600. The quantitative estimate of drug-likeness (QED) is 0.545. The van der Waals surface area contributed by atoms with E-state index < -0.39 is 11.9 Å². The molecule has 3 aromatic rings. The summed E-state index contributed by atoms with van der Waals surface area (Å²) in [5.41, 5.74) is 2.09. The molecule has 0 aliphatic heterocycles. The maximum atomic E-state index is 12.7. The summed E-state index contributed by atoms with van der Waals surface area (Å²) in [5, 5.41) is 5.52. The Hall–Kier alpha value is -4.33. The number of benzene rings is 3. The van der Waals surface area contributed by atoms with E-state index in [1.54, 1.807) is 66.7 Å². The Labute approximate surface area is 185 Å². The zero-order chi connectivity index (χ0) is 23.1. The number of ether oxygens (including phenoxy) is 3. The van der Waals surface area contributed by atoms with Crippen LogP contribution in [-0.2, 0) is 4.74 Å². The number of hydrogen-bond acceptors (Lipinski definition) is 6. The lowest BCUT2D eigenvalue weighted by Crippen LogP contribution is -2.15. The second-order valence-corrected chi connectivity index (χ2v) is 6.59. The standard InChI is InChI=1S/C24H22N2O6/c1-30-19-5-4-6-20(31-2)21(19)23(28)26-18-11-7-15(8-12-18)22(27)25-17-13-9-16(10-14-17)24(29)32-3/h4-14H,1-3H3,(H,25,27)(H,26,28). The summed E-state index contributed by atoms with van der Waals surface area (Å²) < 4.78 is 15.2. The topological polar surface area (TPSA) is 103 Å². The maximum Gasteiger partial charge on any atom is 0.337 e. The van der Waals surface area contributed by atoms with Crippen LogP contribution in [0.1, 0.15) is 31.1 Å². The highest BCUT2D eigenvalue weighted by Crippen LogP contribution is 2.29. The van der Waals surface area contributed by atoms with Crippen LogP contribution in [0.3, 0.4) is 0 Å². The first-order valence-electron chi connectivity index (χ1n) is 9.59. The molecule has 3 rings (SSSR count). The molecule has 0 radical (unpaired) electrons. The lowest BCUT2D eigenvalue weighted by atomic mass is 10.1. The van der Waals surface area contributed by atoms with E-state index in [1.807, 2.05) is 0 Å². The summed E-state index contributed by atoms with van der Waals surface area (Å²) in [5.74, 6) is -0.416. The number of amides is 2. The number of carbonyl (C=O) groups is 3. The van der Waals surface area contributed by atoms with Gasteiger partial charge in [-0.05, 0) is 60.7 Å². The Kier molecular flexibility index (Phi) is 7.07. The molecule has 0 unspecified atom stereocenters. The minimum atomic E-state index is -0.453. The highest BCUT2D eigenvalue weighted by molar-refractivity contribution is 6.09. The predicted molar refractivity (Wildman–Crippen MR) is 120 cm³/mol. The average Bonchev–Trinajstić information content (AvgIpc) is 2.83. The fourth-order valence-corrected chi connectivity index (χ4v) is 2.98. The molecular formula is C24H22N2O6. The third kappa shape index (κ3) is 5.04. The number of carbonyl (C=O) groups excluding carboxylic acids is 3. The highest BCUT2D eigenvalue weighted by atomic mass is 16.5. The van der Waals surface area contributed by atoms with Crippen molar-refractivity contribution in [3.63, 3.8) is 0 Å². The van der Waals surface area contributed by atoms with Crippen LogP contribution in [0, 0.1) is 0 Å². The maximum absolute atomic E-state index is 12.7. The predicted octanol–water partition coefficient (Wildman–Crippen LogP) is 4.00. The molecule has 164 valence electrons. The van der Waals surface area contributed by atoms with Gasteiger partial charge in [-0.3, -0.25) is 9.59 Å². The summed E-state index contributed by atoms with van der Waals surface area (Å²) >= 11 is 0. The van der Waals surface area contributed by atoms with Crippen molar-refractivity contribution in [2.75, 3.05) is 32.0 Å². The average molecular weight is 434 g/mol. The second kappa shape index (κ2) is 10.1. The largest absolute Gasteiger partial charge is 0.496 e. The molecule has 0 saturated carbocycles. The van der Waals surface area contributed by atoms with E-state index in [0.717, 1.165) is 0 Å². The van der Waals surface area contributed by atoms with E-state index in [1.165, 1.54) is 21.3 Å². The van der Waals surface area contributed by atoms with E-state index in [4.69, 9.17) is 9.47 Å². The third-order valence-electron chi connectivity index (χ3n) is 4.62. The van der Waals surface area contributed by atoms with E-state index in [-0.39, 0.29) is 11.5 Å². The van der Waals surface area contributed by atoms with Crippen molar-refractivity contribution in [3.8, 4) is 11.5 Å². The Morgan fingerprint density at radius 2 is 1.09 bits per heavy atom. The summed E-state index contributed by atoms with van der Waals surface area (Å²) in [4.78, 5) is 36.7. The fourth-order valence-electron chi connectivity index (χ4n) is 2.98. The molecule has 8 heteroatoms. The summed E-state index contributed by atoms with van der Waals surface area (Å²) in [7, 11) is 4.25. The number of hydrogen-bond donors (Lipinski definition) is 2. The van der Waals surface area contributed by atoms with Gasteiger partial charge in [0.25, 0.3) is 11.8 Å². The van der Waals surface area contributed by atoms with Crippen LogP contribution in [-0.4, -0.2) is 39.1 Å². The fraction of sp³-hybridized carbons (Fsp3) is 0.125. The molecular weight excluding hydrogens is 412 g/mol. The van der Waals surface area contributed by atoms with Gasteiger partial charge in [-0.1, -0.05) is 6.07 Å². The number of anilines is 2. The number of methoxy groups -OCH3 is 3. The van der Waals surface area contributed by atoms with Gasteiger partial charge in [-0.15, -0.1) is 0 Å². The van der Waals surface area contributed by atoms with E-state index in [9.17, 15) is 14.4 Å². The zero-order valence-electron chi connectivity index (χ0n) is 17.8. The molecule has 0 spiro atoms. The van der Waals surface area contributed by atoms with Gasteiger partial charge in [0.05, 0.1) is 26.9 Å². The molecule has 8 nitrogen and oxygen atoms in total. The van der Waals surface area contributed by atoms with Crippen LogP contribution >= 0.6 is 0 Å². The zero-order valence-corrected chi connectivity index (χ0v) is 17.8. The number of esters is 1. The van der Waals surface area contributed by atoms with Gasteiger partial charge in [0, 0.05) is 16.9 Å². The van der Waals surface area contributed by atoms with Gasteiger partial charge >= 0.3 is 5.97 Å². The third-order valence-corrected chi connectivity index (χ3v) is 4.62. The first-order valence-corrected chi connectivity index (χ1v) is 9.59. The summed E-state index contributed by atoms with van der Waals surface area (Å²) in [6.45, 7) is 0. The minimum Gasteiger partial charge on any atom is -0.496 e. The minimum absolute atomic E-state index is 0.273. The SMILES string of the molecule is COC(=O)c1ccc(NC(=O)c2ccc(NC(=O)c3c(OC)cccc3OC)cc2)cc1. The van der Waals surface area contributed by atoms with Crippen molar-refractivity contribution in [2.24, 2.45) is 0 Å². The Balaban J connectivity index is 1.68. The second-order valence-electron chi connectivity index (χ2n) is 6.59. The van der Waals surface area contributed by atoms with E-state index >= 15 is 0 Å². The highest BCUT2D eigenvalue weighted by Gasteiger charge is 2.18. The molecule has 0 aliphatic rings. The molecule has 0 aliphatic carbocycles. The van der Waals surface area contributed by atoms with Gasteiger partial charge < -0.3 is 24.8 Å². The number of nitrogens with one attached hydrogen (secondary N) is 2. The van der Waals surface area contributed by atoms with Gasteiger partial charge in [0.15, 0.2) is 0 Å². The Morgan fingerprint density at radius 1 is 0.625 bits per heavy atom. The normalized spacial score (nSPS) is 10.1. The summed E-state index contributed by atoms with van der Waals surface area (Å²) in [6, 6.07) is 17.8. The molecule has 0 aromatic heterocycles. The van der Waals surface area contributed by atoms with Crippen LogP contribution in [0.4, 0.5) is 11.4 Å². The van der Waals surface area contributed by atoms with Crippen molar-refractivity contribution in [1.82, 2.24) is 0 Å². The smallest absolute Gasteiger partial charge is 0.337 e. The molecule has 2 amide bonds. The lowest BCUT2D eigenvalue weighted by Gasteiger charge is -2.13. The van der Waals surface area contributed by atoms with Crippen molar-refractivity contribution < 1.29 is 28.6 Å². The molecule has 32 heavy (non-hydrogen) atoms.